The van der Waals surface area contributed by atoms with Crippen molar-refractivity contribution in [3.05, 3.63) is 40.9 Å². The Morgan fingerprint density at radius 3 is 2.29 bits per heavy atom. The number of carbonyl (C=O) groups is 1. The maximum Gasteiger partial charge on any atom is 0.309 e. The van der Waals surface area contributed by atoms with Crippen molar-refractivity contribution in [1.82, 2.24) is 4.90 Å². The molecule has 0 unspecified atom stereocenters. The number of carbonyl (C=O) groups excluding carboxylic acids is 1. The molecule has 0 N–H and O–H groups in total. The summed E-state index contributed by atoms with van der Waals surface area (Å²) in [6.07, 6.45) is 6.55. The first-order chi connectivity index (χ1) is 16.3. The van der Waals surface area contributed by atoms with Crippen LogP contribution in [0.2, 0.25) is 5.02 Å². The molecule has 2 aromatic carbocycles. The van der Waals surface area contributed by atoms with Crippen LogP contribution in [0.25, 0.3) is 10.8 Å². The van der Waals surface area contributed by atoms with E-state index in [1.807, 2.05) is 19.1 Å². The van der Waals surface area contributed by atoms with Gasteiger partial charge in [-0.1, -0.05) is 56.6 Å². The topological polar surface area (TPSA) is 38.8 Å². The average molecular weight is 486 g/mol. The second-order valence-corrected chi connectivity index (χ2v) is 11.5. The highest BCUT2D eigenvalue weighted by molar-refractivity contribution is 6.35. The maximum atomic E-state index is 12.2. The van der Waals surface area contributed by atoms with Crippen LogP contribution in [0.3, 0.4) is 0 Å². The van der Waals surface area contributed by atoms with Crippen LogP contribution in [0.4, 0.5) is 0 Å². The molecule has 2 aromatic rings. The number of ether oxygens (including phenoxy) is 2. The van der Waals surface area contributed by atoms with Gasteiger partial charge in [-0.25, -0.2) is 0 Å². The quantitative estimate of drug-likeness (QED) is 0.404. The van der Waals surface area contributed by atoms with Crippen molar-refractivity contribution in [3.8, 4) is 5.75 Å². The van der Waals surface area contributed by atoms with Gasteiger partial charge in [-0.3, -0.25) is 9.69 Å². The molecule has 4 nitrogen and oxygen atoms in total. The summed E-state index contributed by atoms with van der Waals surface area (Å²) < 4.78 is 11.9. The Morgan fingerprint density at radius 2 is 1.68 bits per heavy atom. The van der Waals surface area contributed by atoms with Gasteiger partial charge in [0.15, 0.2) is 0 Å². The number of benzene rings is 2. The van der Waals surface area contributed by atoms with Crippen LogP contribution in [0, 0.1) is 17.3 Å². The first kappa shape index (κ1) is 25.3. The molecule has 1 saturated carbocycles. The van der Waals surface area contributed by atoms with Crippen molar-refractivity contribution in [2.75, 3.05) is 19.7 Å². The normalized spacial score (nSPS) is 22.6. The Kier molecular flexibility index (Phi) is 8.09. The number of nitrogens with zero attached hydrogens (tertiary/aromatic N) is 1. The summed E-state index contributed by atoms with van der Waals surface area (Å²) in [5, 5.41) is 2.99. The molecule has 1 aliphatic carbocycles. The van der Waals surface area contributed by atoms with E-state index in [4.69, 9.17) is 21.1 Å². The molecule has 1 saturated heterocycles. The number of esters is 1. The molecule has 1 heterocycles. The van der Waals surface area contributed by atoms with Gasteiger partial charge in [0.2, 0.25) is 0 Å². The third kappa shape index (κ3) is 5.88. The predicted octanol–water partition coefficient (Wildman–Crippen LogP) is 7.25. The highest BCUT2D eigenvalue weighted by Crippen LogP contribution is 2.41. The van der Waals surface area contributed by atoms with Crippen molar-refractivity contribution in [1.29, 1.82) is 0 Å². The zero-order valence-corrected chi connectivity index (χ0v) is 22.0. The molecule has 1 aliphatic heterocycles. The molecule has 5 heteroatoms. The summed E-state index contributed by atoms with van der Waals surface area (Å²) in [5.41, 5.74) is 1.57. The summed E-state index contributed by atoms with van der Waals surface area (Å²) in [6, 6.07) is 10.4. The molecule has 4 rings (SSSR count). The summed E-state index contributed by atoms with van der Waals surface area (Å²) in [7, 11) is 0. The van der Waals surface area contributed by atoms with Crippen LogP contribution >= 0.6 is 11.6 Å². The first-order valence-electron chi connectivity index (χ1n) is 13.0. The van der Waals surface area contributed by atoms with E-state index in [0.29, 0.717) is 12.0 Å². The summed E-state index contributed by atoms with van der Waals surface area (Å²) in [5.74, 6) is 1.66. The minimum atomic E-state index is -0.0472. The van der Waals surface area contributed by atoms with E-state index in [2.05, 4.69) is 43.9 Å². The molecule has 0 bridgehead atoms. The third-order valence-electron chi connectivity index (χ3n) is 7.85. The molecule has 0 radical (unpaired) electrons. The van der Waals surface area contributed by atoms with Gasteiger partial charge < -0.3 is 9.47 Å². The van der Waals surface area contributed by atoms with Crippen molar-refractivity contribution in [2.45, 2.75) is 78.9 Å². The van der Waals surface area contributed by atoms with Gasteiger partial charge in [0.25, 0.3) is 0 Å². The zero-order valence-electron chi connectivity index (χ0n) is 21.2. The molecule has 2 aliphatic rings. The van der Waals surface area contributed by atoms with Gasteiger partial charge in [-0.15, -0.1) is 0 Å². The van der Waals surface area contributed by atoms with Crippen molar-refractivity contribution < 1.29 is 14.3 Å². The smallest absolute Gasteiger partial charge is 0.309 e. The highest BCUT2D eigenvalue weighted by atomic mass is 35.5. The van der Waals surface area contributed by atoms with E-state index in [9.17, 15) is 4.79 Å². The van der Waals surface area contributed by atoms with E-state index in [1.165, 1.54) is 23.8 Å². The molecule has 2 fully saturated rings. The lowest BCUT2D eigenvalue weighted by molar-refractivity contribution is -0.149. The van der Waals surface area contributed by atoms with Gasteiger partial charge in [-0.05, 0) is 81.3 Å². The minimum absolute atomic E-state index is 0.0203. The second kappa shape index (κ2) is 10.9. The maximum absolute atomic E-state index is 12.2. The van der Waals surface area contributed by atoms with E-state index < -0.39 is 0 Å². The van der Waals surface area contributed by atoms with E-state index in [-0.39, 0.29) is 18.0 Å². The van der Waals surface area contributed by atoms with E-state index in [0.717, 1.165) is 67.4 Å². The third-order valence-corrected chi connectivity index (χ3v) is 8.16. The number of likely N-dealkylation sites (tertiary alicyclic amines) is 1. The van der Waals surface area contributed by atoms with Crippen molar-refractivity contribution in [3.63, 3.8) is 0 Å². The lowest BCUT2D eigenvalue weighted by Crippen LogP contribution is -2.36. The number of hydrogen-bond acceptors (Lipinski definition) is 4. The largest absolute Gasteiger partial charge is 0.490 e. The first-order valence-corrected chi connectivity index (χ1v) is 13.4. The summed E-state index contributed by atoms with van der Waals surface area (Å²) in [6.45, 7) is 12.0. The monoisotopic (exact) mass is 485 g/mol. The average Bonchev–Trinajstić information content (AvgIpc) is 2.82. The summed E-state index contributed by atoms with van der Waals surface area (Å²) in [4.78, 5) is 14.6. The number of rotatable bonds is 6. The zero-order chi connectivity index (χ0) is 24.3. The number of halogens is 1. The van der Waals surface area contributed by atoms with Crippen LogP contribution in [-0.4, -0.2) is 36.7 Å². The molecule has 0 amide bonds. The van der Waals surface area contributed by atoms with E-state index in [1.54, 1.807) is 0 Å². The molecule has 0 spiro atoms. The fourth-order valence-corrected chi connectivity index (χ4v) is 5.94. The molecule has 186 valence electrons. The van der Waals surface area contributed by atoms with E-state index >= 15 is 0 Å². The van der Waals surface area contributed by atoms with Gasteiger partial charge in [0.05, 0.1) is 23.7 Å². The Morgan fingerprint density at radius 1 is 1.03 bits per heavy atom. The number of piperidine rings is 1. The number of fused-ring (bicyclic) bond motifs is 1. The Labute approximate surface area is 209 Å². The summed E-state index contributed by atoms with van der Waals surface area (Å²) >= 11 is 6.72. The van der Waals surface area contributed by atoms with Gasteiger partial charge in [0.1, 0.15) is 5.75 Å². The van der Waals surface area contributed by atoms with Gasteiger partial charge in [-0.2, -0.15) is 0 Å². The van der Waals surface area contributed by atoms with Crippen LogP contribution in [0.1, 0.15) is 71.8 Å². The SMILES string of the molecule is CCOC(=O)C1CCN(Cc2c(O[C@H]3CC[C@H](C(C)(C)C)CC3)cc(Cl)c3ccccc23)CC1. The minimum Gasteiger partial charge on any atom is -0.490 e. The highest BCUT2D eigenvalue weighted by Gasteiger charge is 2.31. The fraction of sp³-hybridized carbons (Fsp3) is 0.621. The number of hydrogen-bond donors (Lipinski definition) is 0. The lowest BCUT2D eigenvalue weighted by atomic mass is 9.72. The second-order valence-electron chi connectivity index (χ2n) is 11.1. The molecule has 34 heavy (non-hydrogen) atoms. The predicted molar refractivity (Wildman–Crippen MR) is 139 cm³/mol. The van der Waals surface area contributed by atoms with Crippen LogP contribution in [0.15, 0.2) is 30.3 Å². The van der Waals surface area contributed by atoms with Crippen molar-refractivity contribution in [2.24, 2.45) is 17.3 Å². The lowest BCUT2D eigenvalue weighted by Gasteiger charge is -2.37. The van der Waals surface area contributed by atoms with Crippen LogP contribution < -0.4 is 4.74 Å². The Hall–Kier alpha value is -1.78. The van der Waals surface area contributed by atoms with Gasteiger partial charge >= 0.3 is 5.97 Å². The van der Waals surface area contributed by atoms with Crippen LogP contribution in [0.5, 0.6) is 5.75 Å². The molecule has 0 aromatic heterocycles. The Bertz CT molecular complexity index is 983. The molecular formula is C29H40ClNO3. The molecule has 0 atom stereocenters. The Balaban J connectivity index is 1.51. The van der Waals surface area contributed by atoms with Crippen molar-refractivity contribution >= 4 is 28.3 Å². The standard InChI is InChI=1S/C29H40ClNO3/c1-5-33-28(32)20-14-16-31(17-15-20)19-25-23-8-6-7-9-24(23)26(30)18-27(25)34-22-12-10-21(11-13-22)29(2,3)4/h6-9,18,20-22H,5,10-17,19H2,1-4H3/t21-,22-. The molecular weight excluding hydrogens is 446 g/mol. The van der Waals surface area contributed by atoms with Crippen LogP contribution in [-0.2, 0) is 16.1 Å². The fourth-order valence-electron chi connectivity index (χ4n) is 5.67. The van der Waals surface area contributed by atoms with Gasteiger partial charge in [0, 0.05) is 17.5 Å².